The van der Waals surface area contributed by atoms with Gasteiger partial charge in [-0.2, -0.15) is 0 Å². The van der Waals surface area contributed by atoms with E-state index in [2.05, 4.69) is 5.32 Å². The Balaban J connectivity index is 2.10. The lowest BCUT2D eigenvalue weighted by Crippen LogP contribution is -2.49. The topological polar surface area (TPSA) is 49.4 Å². The van der Waals surface area contributed by atoms with Crippen molar-refractivity contribution in [3.05, 3.63) is 70.5 Å². The van der Waals surface area contributed by atoms with Gasteiger partial charge in [0.25, 0.3) is 0 Å². The van der Waals surface area contributed by atoms with Crippen LogP contribution >= 0.6 is 23.4 Å². The van der Waals surface area contributed by atoms with Gasteiger partial charge in [-0.1, -0.05) is 42.8 Å². The molecule has 0 spiro atoms. The lowest BCUT2D eigenvalue weighted by atomic mass is 10.1. The van der Waals surface area contributed by atoms with E-state index in [1.165, 1.54) is 23.9 Å². The zero-order chi connectivity index (χ0) is 21.2. The Bertz CT molecular complexity index is 817. The molecule has 0 saturated heterocycles. The van der Waals surface area contributed by atoms with Gasteiger partial charge in [-0.25, -0.2) is 4.39 Å². The van der Waals surface area contributed by atoms with Crippen molar-refractivity contribution in [2.45, 2.75) is 38.6 Å². The van der Waals surface area contributed by atoms with Gasteiger partial charge in [0.05, 0.1) is 5.75 Å². The van der Waals surface area contributed by atoms with E-state index in [1.54, 1.807) is 17.0 Å². The van der Waals surface area contributed by atoms with Gasteiger partial charge in [-0.3, -0.25) is 9.59 Å². The minimum atomic E-state index is -0.570. The van der Waals surface area contributed by atoms with E-state index in [1.807, 2.05) is 38.1 Å². The molecule has 2 rings (SSSR count). The first kappa shape index (κ1) is 23.2. The lowest BCUT2D eigenvalue weighted by molar-refractivity contribution is -0.139. The lowest BCUT2D eigenvalue weighted by Gasteiger charge is -2.30. The fourth-order valence-corrected chi connectivity index (χ4v) is 4.03. The van der Waals surface area contributed by atoms with Crippen LogP contribution in [0.25, 0.3) is 0 Å². The van der Waals surface area contributed by atoms with E-state index in [4.69, 9.17) is 11.6 Å². The molecular formula is C22H26ClFN2O2S. The van der Waals surface area contributed by atoms with Gasteiger partial charge in [-0.15, -0.1) is 11.8 Å². The van der Waals surface area contributed by atoms with Crippen LogP contribution in [0.15, 0.2) is 48.5 Å². The molecule has 0 fully saturated rings. The van der Waals surface area contributed by atoms with E-state index in [-0.39, 0.29) is 29.9 Å². The highest BCUT2D eigenvalue weighted by atomic mass is 35.5. The Morgan fingerprint density at radius 1 is 1.14 bits per heavy atom. The number of amides is 2. The predicted molar refractivity (Wildman–Crippen MR) is 117 cm³/mol. The van der Waals surface area contributed by atoms with Crippen LogP contribution in [0.2, 0.25) is 5.02 Å². The van der Waals surface area contributed by atoms with Crippen molar-refractivity contribution in [2.75, 3.05) is 12.3 Å². The highest BCUT2D eigenvalue weighted by Crippen LogP contribution is 2.19. The maximum absolute atomic E-state index is 13.2. The van der Waals surface area contributed by atoms with Gasteiger partial charge in [0.2, 0.25) is 11.8 Å². The van der Waals surface area contributed by atoms with Gasteiger partial charge in [-0.05, 0) is 48.7 Å². The number of carbonyl (C=O) groups excluding carboxylic acids is 2. The van der Waals surface area contributed by atoms with Crippen LogP contribution in [0, 0.1) is 5.82 Å². The monoisotopic (exact) mass is 436 g/mol. The smallest absolute Gasteiger partial charge is 0.242 e. The largest absolute Gasteiger partial charge is 0.355 e. The van der Waals surface area contributed by atoms with Gasteiger partial charge in [0.1, 0.15) is 11.9 Å². The van der Waals surface area contributed by atoms with Crippen molar-refractivity contribution in [3.63, 3.8) is 0 Å². The fraction of sp³-hybridized carbons (Fsp3) is 0.364. The molecule has 0 heterocycles. The molecule has 0 radical (unpaired) electrons. The van der Waals surface area contributed by atoms with Crippen LogP contribution in [0.1, 0.15) is 31.4 Å². The molecule has 0 aliphatic carbocycles. The van der Waals surface area contributed by atoms with Gasteiger partial charge < -0.3 is 10.2 Å². The van der Waals surface area contributed by atoms with E-state index in [0.717, 1.165) is 11.1 Å². The molecule has 2 aromatic rings. The number of rotatable bonds is 10. The highest BCUT2D eigenvalue weighted by Gasteiger charge is 2.28. The van der Waals surface area contributed by atoms with Crippen molar-refractivity contribution in [3.8, 4) is 0 Å². The molecule has 29 heavy (non-hydrogen) atoms. The average Bonchev–Trinajstić information content (AvgIpc) is 2.69. The third-order valence-corrected chi connectivity index (χ3v) is 5.61. The number of carbonyl (C=O) groups is 2. The quantitative estimate of drug-likeness (QED) is 0.589. The van der Waals surface area contributed by atoms with Crippen molar-refractivity contribution in [2.24, 2.45) is 0 Å². The molecule has 0 aliphatic rings. The second-order valence-corrected chi connectivity index (χ2v) is 8.01. The standard InChI is InChI=1S/C22H26ClFN2O2S/c1-3-20(22(28)25-4-2)26(13-16-8-10-19(24)11-9-16)21(27)15-29-14-17-6-5-7-18(23)12-17/h5-12,20H,3-4,13-15H2,1-2H3,(H,25,28)/t20-/m1/s1. The molecule has 1 N–H and O–H groups in total. The Labute approximate surface area is 180 Å². The Hall–Kier alpha value is -2.05. The molecule has 2 amide bonds. The number of nitrogens with one attached hydrogen (secondary N) is 1. The molecule has 0 aromatic heterocycles. The number of hydrogen-bond donors (Lipinski definition) is 1. The van der Waals surface area contributed by atoms with Crippen molar-refractivity contribution in [1.29, 1.82) is 0 Å². The predicted octanol–water partition coefficient (Wildman–Crippen LogP) is 4.66. The first-order chi connectivity index (χ1) is 13.9. The number of halogens is 2. The van der Waals surface area contributed by atoms with Gasteiger partial charge >= 0.3 is 0 Å². The second-order valence-electron chi connectivity index (χ2n) is 6.59. The van der Waals surface area contributed by atoms with Crippen LogP contribution in [-0.4, -0.2) is 35.1 Å². The summed E-state index contributed by atoms with van der Waals surface area (Å²) in [6.45, 7) is 4.48. The average molecular weight is 437 g/mol. The normalized spacial score (nSPS) is 11.7. The van der Waals surface area contributed by atoms with E-state index >= 15 is 0 Å². The first-order valence-electron chi connectivity index (χ1n) is 9.58. The number of benzene rings is 2. The molecule has 0 bridgehead atoms. The summed E-state index contributed by atoms with van der Waals surface area (Å²) in [6, 6.07) is 12.9. The van der Waals surface area contributed by atoms with Crippen molar-refractivity contribution >= 4 is 35.2 Å². The van der Waals surface area contributed by atoms with E-state index in [9.17, 15) is 14.0 Å². The molecule has 7 heteroatoms. The summed E-state index contributed by atoms with van der Waals surface area (Å²) in [7, 11) is 0. The summed E-state index contributed by atoms with van der Waals surface area (Å²) in [5.74, 6) is 0.252. The van der Waals surface area contributed by atoms with Crippen molar-refractivity contribution in [1.82, 2.24) is 10.2 Å². The van der Waals surface area contributed by atoms with E-state index in [0.29, 0.717) is 23.7 Å². The number of thioether (sulfide) groups is 1. The zero-order valence-electron chi connectivity index (χ0n) is 16.7. The molecule has 2 aromatic carbocycles. The molecule has 0 aliphatic heterocycles. The summed E-state index contributed by atoms with van der Waals surface area (Å²) in [6.07, 6.45) is 0.498. The van der Waals surface area contributed by atoms with Crippen molar-refractivity contribution < 1.29 is 14.0 Å². The summed E-state index contributed by atoms with van der Waals surface area (Å²) in [4.78, 5) is 27.1. The Kier molecular flexibility index (Phi) is 9.48. The highest BCUT2D eigenvalue weighted by molar-refractivity contribution is 7.99. The molecule has 1 atom stereocenters. The third kappa shape index (κ3) is 7.37. The summed E-state index contributed by atoms with van der Waals surface area (Å²) in [5.41, 5.74) is 1.82. The number of likely N-dealkylation sites (N-methyl/N-ethyl adjacent to an activating group) is 1. The molecule has 156 valence electrons. The number of hydrogen-bond acceptors (Lipinski definition) is 3. The maximum atomic E-state index is 13.2. The van der Waals surface area contributed by atoms with Crippen LogP contribution in [0.5, 0.6) is 0 Å². The molecular weight excluding hydrogens is 411 g/mol. The molecule has 0 saturated carbocycles. The minimum absolute atomic E-state index is 0.126. The summed E-state index contributed by atoms with van der Waals surface area (Å²) in [5, 5.41) is 3.46. The van der Waals surface area contributed by atoms with Crippen LogP contribution in [0.4, 0.5) is 4.39 Å². The fourth-order valence-electron chi connectivity index (χ4n) is 2.96. The summed E-state index contributed by atoms with van der Waals surface area (Å²) >= 11 is 7.48. The first-order valence-corrected chi connectivity index (χ1v) is 11.1. The van der Waals surface area contributed by atoms with Gasteiger partial charge in [0, 0.05) is 23.9 Å². The molecule has 4 nitrogen and oxygen atoms in total. The van der Waals surface area contributed by atoms with E-state index < -0.39 is 6.04 Å². The summed E-state index contributed by atoms with van der Waals surface area (Å²) < 4.78 is 13.2. The van der Waals surface area contributed by atoms with Crippen LogP contribution in [-0.2, 0) is 21.9 Å². The molecule has 0 unspecified atom stereocenters. The van der Waals surface area contributed by atoms with Crippen LogP contribution in [0.3, 0.4) is 0 Å². The number of nitrogens with zero attached hydrogens (tertiary/aromatic N) is 1. The maximum Gasteiger partial charge on any atom is 0.242 e. The van der Waals surface area contributed by atoms with Crippen LogP contribution < -0.4 is 5.32 Å². The zero-order valence-corrected chi connectivity index (χ0v) is 18.2. The minimum Gasteiger partial charge on any atom is -0.355 e. The Morgan fingerprint density at radius 2 is 1.86 bits per heavy atom. The Morgan fingerprint density at radius 3 is 2.48 bits per heavy atom. The van der Waals surface area contributed by atoms with Gasteiger partial charge in [0.15, 0.2) is 0 Å². The third-order valence-electron chi connectivity index (χ3n) is 4.39. The second kappa shape index (κ2) is 11.8. The SMILES string of the molecule is CCNC(=O)[C@@H](CC)N(Cc1ccc(F)cc1)C(=O)CSCc1cccc(Cl)c1.